The Hall–Kier alpha value is -5.46. The smallest absolute Gasteiger partial charge is 0.00623 e. The quantitative estimate of drug-likeness (QED) is 0.193. The Morgan fingerprint density at radius 3 is 2.02 bits per heavy atom. The van der Waals surface area contributed by atoms with Gasteiger partial charge in [-0.2, -0.15) is 0 Å². The van der Waals surface area contributed by atoms with E-state index in [4.69, 9.17) is 0 Å². The molecule has 0 saturated heterocycles. The fraction of sp³-hybridized carbons (Fsp3) is 0.0870. The van der Waals surface area contributed by atoms with Gasteiger partial charge in [0.2, 0.25) is 0 Å². The van der Waals surface area contributed by atoms with Crippen LogP contribution < -0.4 is 10.4 Å². The van der Waals surface area contributed by atoms with Crippen LogP contribution >= 0.6 is 0 Å². The van der Waals surface area contributed by atoms with Crippen molar-refractivity contribution in [1.82, 2.24) is 0 Å². The van der Waals surface area contributed by atoms with Crippen molar-refractivity contribution in [1.29, 1.82) is 0 Å². The molecule has 0 amide bonds. The zero-order valence-electron chi connectivity index (χ0n) is 25.8. The minimum absolute atomic E-state index is 0.386. The third-order valence-corrected chi connectivity index (χ3v) is 10.0. The Morgan fingerprint density at radius 2 is 1.20 bits per heavy atom. The molecule has 0 radical (unpaired) electrons. The lowest BCUT2D eigenvalue weighted by molar-refractivity contribution is 0.864. The van der Waals surface area contributed by atoms with Crippen LogP contribution in [0.15, 0.2) is 152 Å². The van der Waals surface area contributed by atoms with Gasteiger partial charge in [0.25, 0.3) is 0 Å². The van der Waals surface area contributed by atoms with Gasteiger partial charge in [0, 0.05) is 5.92 Å². The van der Waals surface area contributed by atoms with E-state index in [1.807, 2.05) is 0 Å². The number of rotatable bonds is 4. The summed E-state index contributed by atoms with van der Waals surface area (Å²) in [7, 11) is 0. The van der Waals surface area contributed by atoms with Crippen molar-refractivity contribution in [3.63, 3.8) is 0 Å². The Bertz CT molecular complexity index is 2380. The van der Waals surface area contributed by atoms with Gasteiger partial charge in [0.05, 0.1) is 0 Å². The predicted molar refractivity (Wildman–Crippen MR) is 197 cm³/mol. The molecule has 0 fully saturated rings. The van der Waals surface area contributed by atoms with Gasteiger partial charge in [-0.05, 0) is 120 Å². The molecule has 0 heteroatoms. The first-order valence-electron chi connectivity index (χ1n) is 16.5. The molecule has 0 N–H and O–H groups in total. The summed E-state index contributed by atoms with van der Waals surface area (Å²) in [5.74, 6) is 0.386. The molecule has 0 heterocycles. The highest BCUT2D eigenvalue weighted by molar-refractivity contribution is 6.07. The summed E-state index contributed by atoms with van der Waals surface area (Å²) in [4.78, 5) is 0. The third-order valence-electron chi connectivity index (χ3n) is 10.0. The first-order chi connectivity index (χ1) is 22.8. The lowest BCUT2D eigenvalue weighted by Crippen LogP contribution is -2.36. The minimum atomic E-state index is 0.386. The van der Waals surface area contributed by atoms with E-state index in [0.717, 1.165) is 19.3 Å². The van der Waals surface area contributed by atoms with E-state index >= 15 is 0 Å². The zero-order valence-corrected chi connectivity index (χ0v) is 25.8. The van der Waals surface area contributed by atoms with Crippen LogP contribution in [0.4, 0.5) is 0 Å². The van der Waals surface area contributed by atoms with E-state index in [-0.39, 0.29) is 0 Å². The number of hydrogen-bond acceptors (Lipinski definition) is 0. The van der Waals surface area contributed by atoms with Gasteiger partial charge >= 0.3 is 0 Å². The SMILES string of the molecule is C1=CC2=c3c(-c4cccc(-c5ccc6c(c5)C=CCC6)c4)c4ccccc4c(-c4cccc(-c5ccccc5)c4)c3=CCC2C=C1. The molecule has 0 bridgehead atoms. The highest BCUT2D eigenvalue weighted by Gasteiger charge is 2.23. The van der Waals surface area contributed by atoms with Crippen LogP contribution in [0.1, 0.15) is 24.0 Å². The molecule has 0 aliphatic heterocycles. The molecule has 3 aliphatic rings. The zero-order chi connectivity index (χ0) is 30.5. The van der Waals surface area contributed by atoms with Gasteiger partial charge in [-0.25, -0.2) is 0 Å². The molecule has 6 aromatic carbocycles. The molecule has 0 aromatic heterocycles. The van der Waals surface area contributed by atoms with Crippen molar-refractivity contribution in [2.24, 2.45) is 5.92 Å². The highest BCUT2D eigenvalue weighted by Crippen LogP contribution is 2.37. The molecule has 3 aliphatic carbocycles. The fourth-order valence-electron chi connectivity index (χ4n) is 7.82. The molecule has 0 saturated carbocycles. The number of hydrogen-bond donors (Lipinski definition) is 0. The molecular formula is C46H34. The normalized spacial score (nSPS) is 16.1. The molecule has 46 heavy (non-hydrogen) atoms. The Balaban J connectivity index is 1.33. The summed E-state index contributed by atoms with van der Waals surface area (Å²) >= 11 is 0. The first kappa shape index (κ1) is 26.9. The van der Waals surface area contributed by atoms with Crippen molar-refractivity contribution < 1.29 is 0 Å². The Kier molecular flexibility index (Phi) is 6.53. The third kappa shape index (κ3) is 4.53. The fourth-order valence-corrected chi connectivity index (χ4v) is 7.82. The summed E-state index contributed by atoms with van der Waals surface area (Å²) in [6.45, 7) is 0. The summed E-state index contributed by atoms with van der Waals surface area (Å²) in [5.41, 5.74) is 14.5. The maximum absolute atomic E-state index is 2.51. The van der Waals surface area contributed by atoms with Crippen molar-refractivity contribution in [3.8, 4) is 44.5 Å². The van der Waals surface area contributed by atoms with Crippen molar-refractivity contribution in [2.75, 3.05) is 0 Å². The van der Waals surface area contributed by atoms with Crippen LogP contribution in [0, 0.1) is 5.92 Å². The van der Waals surface area contributed by atoms with Crippen LogP contribution in [0.25, 0.3) is 73.0 Å². The standard InChI is InChI=1S/C46H34/c1-2-12-31(13-3-1)35-17-10-19-38(29-35)44-41-22-8-9-23-42(41)45(46-40-21-7-6-15-33(40)26-27-43(44)46)39-20-11-18-36(30-39)37-25-24-32-14-4-5-16-34(32)28-37/h1-3,5-13,15-25,27-30,33H,4,14,26H2. The molecule has 9 rings (SSSR count). The van der Waals surface area contributed by atoms with Crippen LogP contribution in [-0.2, 0) is 6.42 Å². The van der Waals surface area contributed by atoms with E-state index in [1.54, 1.807) is 0 Å². The number of benzene rings is 6. The maximum atomic E-state index is 2.51. The van der Waals surface area contributed by atoms with Gasteiger partial charge in [-0.15, -0.1) is 0 Å². The first-order valence-corrected chi connectivity index (χ1v) is 16.5. The Labute approximate surface area is 270 Å². The molecule has 0 nitrogen and oxygen atoms in total. The van der Waals surface area contributed by atoms with Gasteiger partial charge in [-0.3, -0.25) is 0 Å². The van der Waals surface area contributed by atoms with E-state index in [0.29, 0.717) is 5.92 Å². The average molecular weight is 587 g/mol. The lowest BCUT2D eigenvalue weighted by Gasteiger charge is -2.25. The minimum Gasteiger partial charge on any atom is -0.0836 e. The summed E-state index contributed by atoms with van der Waals surface area (Å²) < 4.78 is 0. The summed E-state index contributed by atoms with van der Waals surface area (Å²) in [6, 6.07) is 45.1. The number of aryl methyl sites for hydroxylation is 1. The Morgan fingerprint density at radius 1 is 0.522 bits per heavy atom. The molecule has 1 unspecified atom stereocenters. The second-order valence-corrected chi connectivity index (χ2v) is 12.7. The van der Waals surface area contributed by atoms with Crippen LogP contribution in [-0.4, -0.2) is 0 Å². The van der Waals surface area contributed by atoms with E-state index in [9.17, 15) is 0 Å². The molecule has 218 valence electrons. The van der Waals surface area contributed by atoms with Gasteiger partial charge < -0.3 is 0 Å². The number of fused-ring (bicyclic) bond motifs is 4. The van der Waals surface area contributed by atoms with Crippen LogP contribution in [0.2, 0.25) is 0 Å². The molecule has 6 aromatic rings. The average Bonchev–Trinajstić information content (AvgIpc) is 3.14. The second kappa shape index (κ2) is 11.2. The summed E-state index contributed by atoms with van der Waals surface area (Å²) in [5, 5.41) is 5.34. The monoisotopic (exact) mass is 586 g/mol. The van der Waals surface area contributed by atoms with E-state index in [1.165, 1.54) is 82.4 Å². The molecule has 0 spiro atoms. The van der Waals surface area contributed by atoms with E-state index < -0.39 is 0 Å². The largest absolute Gasteiger partial charge is 0.0836 e. The molecule has 1 atom stereocenters. The van der Waals surface area contributed by atoms with Gasteiger partial charge in [-0.1, -0.05) is 146 Å². The van der Waals surface area contributed by atoms with Crippen LogP contribution in [0.3, 0.4) is 0 Å². The van der Waals surface area contributed by atoms with Gasteiger partial charge in [0.15, 0.2) is 0 Å². The van der Waals surface area contributed by atoms with Crippen molar-refractivity contribution in [3.05, 3.63) is 173 Å². The van der Waals surface area contributed by atoms with Crippen LogP contribution in [0.5, 0.6) is 0 Å². The number of allylic oxidation sites excluding steroid dienone is 5. The van der Waals surface area contributed by atoms with E-state index in [2.05, 4.69) is 164 Å². The summed E-state index contributed by atoms with van der Waals surface area (Å²) in [6.07, 6.45) is 19.5. The molecular weight excluding hydrogens is 553 g/mol. The topological polar surface area (TPSA) is 0 Å². The highest BCUT2D eigenvalue weighted by atomic mass is 14.3. The maximum Gasteiger partial charge on any atom is 0.00623 e. The van der Waals surface area contributed by atoms with Gasteiger partial charge in [0.1, 0.15) is 0 Å². The van der Waals surface area contributed by atoms with Crippen molar-refractivity contribution >= 4 is 28.5 Å². The second-order valence-electron chi connectivity index (χ2n) is 12.7. The van der Waals surface area contributed by atoms with Crippen molar-refractivity contribution in [2.45, 2.75) is 19.3 Å². The predicted octanol–water partition coefficient (Wildman–Crippen LogP) is 10.5. The lowest BCUT2D eigenvalue weighted by atomic mass is 9.79.